The third-order valence-electron chi connectivity index (χ3n) is 2.74. The minimum absolute atomic E-state index is 0.119. The zero-order valence-electron chi connectivity index (χ0n) is 9.11. The van der Waals surface area contributed by atoms with Crippen molar-refractivity contribution in [3.8, 4) is 12.3 Å². The smallest absolute Gasteiger partial charge is 0.351 e. The van der Waals surface area contributed by atoms with Gasteiger partial charge in [0.25, 0.3) is 0 Å². The zero-order chi connectivity index (χ0) is 12.4. The van der Waals surface area contributed by atoms with Crippen molar-refractivity contribution >= 4 is 5.82 Å². The van der Waals surface area contributed by atoms with Crippen LogP contribution in [0.2, 0.25) is 0 Å². The summed E-state index contributed by atoms with van der Waals surface area (Å²) in [6.07, 6.45) is 6.48. The number of hydrogen-bond donors (Lipinski definition) is 2. The van der Waals surface area contributed by atoms with Crippen molar-refractivity contribution < 1.29 is 9.84 Å². The summed E-state index contributed by atoms with van der Waals surface area (Å²) in [5.41, 5.74) is 4.90. The molecule has 2 heterocycles. The minimum Gasteiger partial charge on any atom is -0.394 e. The first-order valence-electron chi connectivity index (χ1n) is 5.23. The lowest BCUT2D eigenvalue weighted by atomic mass is 10.0. The molecule has 2 rings (SSSR count). The van der Waals surface area contributed by atoms with E-state index in [0.29, 0.717) is 6.42 Å². The molecule has 3 atom stereocenters. The highest BCUT2D eigenvalue weighted by molar-refractivity contribution is 5.23. The van der Waals surface area contributed by atoms with E-state index in [1.165, 1.54) is 16.8 Å². The second-order valence-corrected chi connectivity index (χ2v) is 3.88. The molecule has 0 spiro atoms. The fourth-order valence-electron chi connectivity index (χ4n) is 1.89. The van der Waals surface area contributed by atoms with Crippen LogP contribution in [0.3, 0.4) is 0 Å². The largest absolute Gasteiger partial charge is 0.394 e. The number of aliphatic hydroxyl groups is 1. The molecule has 1 aliphatic rings. The Morgan fingerprint density at radius 3 is 3.12 bits per heavy atom. The number of terminal acetylenes is 1. The van der Waals surface area contributed by atoms with Crippen molar-refractivity contribution in [3.05, 3.63) is 22.7 Å². The lowest BCUT2D eigenvalue weighted by molar-refractivity contribution is -0.0303. The molecule has 1 saturated heterocycles. The molecule has 1 aliphatic heterocycles. The molecule has 0 radical (unpaired) electrons. The summed E-state index contributed by atoms with van der Waals surface area (Å²) in [5, 5.41) is 9.04. The maximum absolute atomic E-state index is 11.6. The topological polar surface area (TPSA) is 90.4 Å². The first kappa shape index (κ1) is 11.6. The van der Waals surface area contributed by atoms with E-state index in [1.807, 2.05) is 0 Å². The molecule has 1 unspecified atom stereocenters. The number of hydrogen-bond acceptors (Lipinski definition) is 5. The van der Waals surface area contributed by atoms with Gasteiger partial charge in [-0.3, -0.25) is 4.57 Å². The minimum atomic E-state index is -0.585. The first-order valence-corrected chi connectivity index (χ1v) is 5.23. The average Bonchev–Trinajstić information content (AvgIpc) is 2.72. The number of rotatable bonds is 2. The third kappa shape index (κ3) is 2.16. The van der Waals surface area contributed by atoms with Gasteiger partial charge in [-0.05, 0) is 12.5 Å². The van der Waals surface area contributed by atoms with E-state index in [1.54, 1.807) is 0 Å². The number of nitrogens with two attached hydrogens (primary N) is 1. The molecular weight excluding hydrogens is 222 g/mol. The normalized spacial score (nSPS) is 27.9. The average molecular weight is 235 g/mol. The van der Waals surface area contributed by atoms with Gasteiger partial charge in [-0.25, -0.2) is 4.79 Å². The van der Waals surface area contributed by atoms with Crippen LogP contribution in [0.5, 0.6) is 0 Å². The van der Waals surface area contributed by atoms with Gasteiger partial charge in [0, 0.05) is 6.20 Å². The molecule has 0 saturated carbocycles. The van der Waals surface area contributed by atoms with Gasteiger partial charge in [0.15, 0.2) is 6.23 Å². The van der Waals surface area contributed by atoms with Gasteiger partial charge in [0.2, 0.25) is 0 Å². The van der Waals surface area contributed by atoms with Crippen molar-refractivity contribution in [2.24, 2.45) is 5.92 Å². The quantitative estimate of drug-likeness (QED) is 0.665. The number of anilines is 1. The molecule has 1 aromatic rings. The molecule has 1 aromatic heterocycles. The standard InChI is InChI=1S/C11H13N3O3/c1-2-7-5-8(6-15)17-10(7)14-4-3-9(12)13-11(14)16/h1,3-4,7-8,10,15H,5-6H2,(H2,12,13,16)/t7-,8-,10?/m0/s1. The van der Waals surface area contributed by atoms with Crippen LogP contribution in [0.4, 0.5) is 5.82 Å². The molecule has 90 valence electrons. The van der Waals surface area contributed by atoms with Gasteiger partial charge in [0.1, 0.15) is 5.82 Å². The van der Waals surface area contributed by atoms with Crippen molar-refractivity contribution in [1.29, 1.82) is 0 Å². The summed E-state index contributed by atoms with van der Waals surface area (Å²) < 4.78 is 6.81. The Hall–Kier alpha value is -1.84. The fourth-order valence-corrected chi connectivity index (χ4v) is 1.89. The molecule has 0 aliphatic carbocycles. The predicted octanol–water partition coefficient (Wildman–Crippen LogP) is -0.645. The van der Waals surface area contributed by atoms with E-state index in [4.69, 9.17) is 22.0 Å². The molecule has 0 amide bonds. The summed E-state index contributed by atoms with van der Waals surface area (Å²) in [6.45, 7) is -0.119. The number of aliphatic hydroxyl groups excluding tert-OH is 1. The lowest BCUT2D eigenvalue weighted by Gasteiger charge is -2.17. The second kappa shape index (κ2) is 4.57. The summed E-state index contributed by atoms with van der Waals surface area (Å²) in [4.78, 5) is 15.3. The van der Waals surface area contributed by atoms with Crippen molar-refractivity contribution in [3.63, 3.8) is 0 Å². The van der Waals surface area contributed by atoms with E-state index in [2.05, 4.69) is 10.9 Å². The van der Waals surface area contributed by atoms with Crippen LogP contribution in [-0.2, 0) is 4.74 Å². The summed E-state index contributed by atoms with van der Waals surface area (Å²) in [7, 11) is 0. The monoisotopic (exact) mass is 235 g/mol. The summed E-state index contributed by atoms with van der Waals surface area (Å²) >= 11 is 0. The van der Waals surface area contributed by atoms with E-state index in [9.17, 15) is 4.79 Å². The van der Waals surface area contributed by atoms with Gasteiger partial charge in [-0.15, -0.1) is 6.42 Å². The first-order chi connectivity index (χ1) is 8.15. The number of aromatic nitrogens is 2. The highest BCUT2D eigenvalue weighted by Gasteiger charge is 2.35. The number of ether oxygens (including phenoxy) is 1. The van der Waals surface area contributed by atoms with Gasteiger partial charge in [-0.2, -0.15) is 4.98 Å². The van der Waals surface area contributed by atoms with E-state index in [0.717, 1.165) is 0 Å². The summed E-state index contributed by atoms with van der Waals surface area (Å²) in [5.74, 6) is 2.46. The van der Waals surface area contributed by atoms with Crippen molar-refractivity contribution in [1.82, 2.24) is 9.55 Å². The Morgan fingerprint density at radius 1 is 1.76 bits per heavy atom. The van der Waals surface area contributed by atoms with E-state index in [-0.39, 0.29) is 24.4 Å². The lowest BCUT2D eigenvalue weighted by Crippen LogP contribution is -2.30. The molecule has 6 nitrogen and oxygen atoms in total. The fraction of sp³-hybridized carbons (Fsp3) is 0.455. The van der Waals surface area contributed by atoms with E-state index >= 15 is 0 Å². The van der Waals surface area contributed by atoms with E-state index < -0.39 is 11.9 Å². The predicted molar refractivity (Wildman–Crippen MR) is 60.8 cm³/mol. The molecule has 6 heteroatoms. The van der Waals surface area contributed by atoms with Crippen LogP contribution in [0, 0.1) is 18.3 Å². The maximum Gasteiger partial charge on any atom is 0.351 e. The van der Waals surface area contributed by atoms with Crippen molar-refractivity contribution in [2.75, 3.05) is 12.3 Å². The molecule has 1 fully saturated rings. The third-order valence-corrected chi connectivity index (χ3v) is 2.74. The van der Waals surface area contributed by atoms with Gasteiger partial charge in [-0.1, -0.05) is 5.92 Å². The molecule has 0 bridgehead atoms. The Labute approximate surface area is 98.0 Å². The molecule has 17 heavy (non-hydrogen) atoms. The Kier molecular flexibility index (Phi) is 3.13. The van der Waals surface area contributed by atoms with Crippen LogP contribution in [0.1, 0.15) is 12.6 Å². The SMILES string of the molecule is C#C[C@H]1C[C@@H](CO)OC1n1ccc(N)nc1=O. The molecular formula is C11H13N3O3. The van der Waals surface area contributed by atoms with Gasteiger partial charge >= 0.3 is 5.69 Å². The van der Waals surface area contributed by atoms with Crippen LogP contribution in [-0.4, -0.2) is 27.4 Å². The highest BCUT2D eigenvalue weighted by Crippen LogP contribution is 2.32. The Bertz CT molecular complexity index is 505. The molecule has 0 aromatic carbocycles. The highest BCUT2D eigenvalue weighted by atomic mass is 16.5. The number of nitrogen functional groups attached to an aromatic ring is 1. The maximum atomic E-state index is 11.6. The van der Waals surface area contributed by atoms with Crippen molar-refractivity contribution in [2.45, 2.75) is 18.8 Å². The van der Waals surface area contributed by atoms with Gasteiger partial charge in [0.05, 0.1) is 18.6 Å². The van der Waals surface area contributed by atoms with Crippen LogP contribution < -0.4 is 11.4 Å². The van der Waals surface area contributed by atoms with Crippen LogP contribution in [0.15, 0.2) is 17.1 Å². The van der Waals surface area contributed by atoms with Gasteiger partial charge < -0.3 is 15.6 Å². The zero-order valence-corrected chi connectivity index (χ0v) is 9.11. The Morgan fingerprint density at radius 2 is 2.53 bits per heavy atom. The Balaban J connectivity index is 2.33. The summed E-state index contributed by atoms with van der Waals surface area (Å²) in [6, 6.07) is 1.50. The van der Waals surface area contributed by atoms with Crippen LogP contribution >= 0.6 is 0 Å². The molecule has 3 N–H and O–H groups in total. The second-order valence-electron chi connectivity index (χ2n) is 3.88. The van der Waals surface area contributed by atoms with Crippen LogP contribution in [0.25, 0.3) is 0 Å². The number of nitrogens with zero attached hydrogens (tertiary/aromatic N) is 2.